The average molecular weight is 316 g/mol. The van der Waals surface area contributed by atoms with Gasteiger partial charge in [0, 0.05) is 5.92 Å². The SMILES string of the molecule is C=C1CC(C)=C(C(=C)CCC)C(C2=CCc3ccccc3C2=C)C1. The first-order valence-corrected chi connectivity index (χ1v) is 9.05. The van der Waals surface area contributed by atoms with Crippen LogP contribution in [0.1, 0.15) is 50.7 Å². The highest BCUT2D eigenvalue weighted by Gasteiger charge is 2.30. The number of allylic oxidation sites excluding steroid dienone is 7. The van der Waals surface area contributed by atoms with E-state index in [1.807, 2.05) is 0 Å². The first-order chi connectivity index (χ1) is 11.5. The molecule has 2 aliphatic rings. The Morgan fingerprint density at radius 3 is 2.71 bits per heavy atom. The molecule has 2 aliphatic carbocycles. The van der Waals surface area contributed by atoms with Gasteiger partial charge in [-0.15, -0.1) is 0 Å². The minimum atomic E-state index is 0.381. The van der Waals surface area contributed by atoms with Gasteiger partial charge in [0.15, 0.2) is 0 Å². The predicted molar refractivity (Wildman–Crippen MR) is 106 cm³/mol. The summed E-state index contributed by atoms with van der Waals surface area (Å²) < 4.78 is 0. The Labute approximate surface area is 147 Å². The summed E-state index contributed by atoms with van der Waals surface area (Å²) in [4.78, 5) is 0. The molecule has 0 heterocycles. The molecule has 0 bridgehead atoms. The highest BCUT2D eigenvalue weighted by molar-refractivity contribution is 5.83. The minimum Gasteiger partial charge on any atom is -0.0995 e. The van der Waals surface area contributed by atoms with E-state index >= 15 is 0 Å². The van der Waals surface area contributed by atoms with Gasteiger partial charge in [-0.05, 0) is 60.5 Å². The maximum atomic E-state index is 4.45. The van der Waals surface area contributed by atoms with Gasteiger partial charge >= 0.3 is 0 Å². The summed E-state index contributed by atoms with van der Waals surface area (Å²) in [6, 6.07) is 8.65. The number of fused-ring (bicyclic) bond motifs is 1. The van der Waals surface area contributed by atoms with Gasteiger partial charge in [0.2, 0.25) is 0 Å². The highest BCUT2D eigenvalue weighted by Crippen LogP contribution is 2.46. The third-order valence-electron chi connectivity index (χ3n) is 5.36. The van der Waals surface area contributed by atoms with E-state index in [-0.39, 0.29) is 0 Å². The Morgan fingerprint density at radius 1 is 1.21 bits per heavy atom. The molecule has 0 fully saturated rings. The molecule has 3 rings (SSSR count). The zero-order valence-corrected chi connectivity index (χ0v) is 15.1. The van der Waals surface area contributed by atoms with Gasteiger partial charge in [-0.3, -0.25) is 0 Å². The number of hydrogen-bond acceptors (Lipinski definition) is 0. The molecule has 1 atom stereocenters. The fourth-order valence-electron chi connectivity index (χ4n) is 4.32. The smallest absolute Gasteiger partial charge is 0.0131 e. The standard InChI is InChI=1S/C24H28/c1-6-9-17(3)24-18(4)14-16(2)15-23(24)22-13-12-20-10-7-8-11-21(20)19(22)5/h7-8,10-11,13,23H,2-3,5-6,9,12,14-15H2,1,4H3. The molecule has 1 aromatic rings. The van der Waals surface area contributed by atoms with Gasteiger partial charge in [-0.25, -0.2) is 0 Å². The molecule has 0 N–H and O–H groups in total. The summed E-state index contributed by atoms with van der Waals surface area (Å²) in [6.45, 7) is 17.6. The van der Waals surface area contributed by atoms with Crippen LogP contribution in [0.2, 0.25) is 0 Å². The number of hydrogen-bond donors (Lipinski definition) is 0. The van der Waals surface area contributed by atoms with Gasteiger partial charge in [-0.1, -0.05) is 80.1 Å². The fourth-order valence-corrected chi connectivity index (χ4v) is 4.32. The molecule has 24 heavy (non-hydrogen) atoms. The lowest BCUT2D eigenvalue weighted by molar-refractivity contribution is 0.657. The average Bonchev–Trinajstić information content (AvgIpc) is 2.55. The monoisotopic (exact) mass is 316 g/mol. The lowest BCUT2D eigenvalue weighted by Crippen LogP contribution is -2.19. The zero-order chi connectivity index (χ0) is 17.3. The third kappa shape index (κ3) is 2.98. The Kier molecular flexibility index (Phi) is 4.76. The van der Waals surface area contributed by atoms with Gasteiger partial charge < -0.3 is 0 Å². The van der Waals surface area contributed by atoms with Crippen molar-refractivity contribution >= 4 is 5.57 Å². The normalized spacial score (nSPS) is 20.8. The molecule has 0 amide bonds. The largest absolute Gasteiger partial charge is 0.0995 e. The van der Waals surface area contributed by atoms with Gasteiger partial charge in [-0.2, -0.15) is 0 Å². The van der Waals surface area contributed by atoms with Crippen molar-refractivity contribution in [1.29, 1.82) is 0 Å². The second kappa shape index (κ2) is 6.81. The van der Waals surface area contributed by atoms with E-state index in [0.29, 0.717) is 5.92 Å². The van der Waals surface area contributed by atoms with Crippen LogP contribution in [0.25, 0.3) is 5.57 Å². The van der Waals surface area contributed by atoms with Crippen LogP contribution in [0.5, 0.6) is 0 Å². The van der Waals surface area contributed by atoms with E-state index < -0.39 is 0 Å². The maximum Gasteiger partial charge on any atom is 0.0131 e. The Morgan fingerprint density at radius 2 is 1.96 bits per heavy atom. The summed E-state index contributed by atoms with van der Waals surface area (Å²) >= 11 is 0. The first-order valence-electron chi connectivity index (χ1n) is 9.05. The Balaban J connectivity index is 2.02. The molecule has 0 heteroatoms. The van der Waals surface area contributed by atoms with Crippen LogP contribution in [-0.2, 0) is 6.42 Å². The van der Waals surface area contributed by atoms with Crippen LogP contribution in [0.4, 0.5) is 0 Å². The van der Waals surface area contributed by atoms with E-state index in [2.05, 4.69) is 63.9 Å². The quantitative estimate of drug-likeness (QED) is 0.534. The minimum absolute atomic E-state index is 0.381. The van der Waals surface area contributed by atoms with Crippen molar-refractivity contribution < 1.29 is 0 Å². The summed E-state index contributed by atoms with van der Waals surface area (Å²) in [5.74, 6) is 0.381. The highest BCUT2D eigenvalue weighted by atomic mass is 14.3. The van der Waals surface area contributed by atoms with Crippen LogP contribution >= 0.6 is 0 Å². The second-order valence-corrected chi connectivity index (χ2v) is 7.23. The van der Waals surface area contributed by atoms with E-state index in [1.54, 1.807) is 0 Å². The summed E-state index contributed by atoms with van der Waals surface area (Å²) in [7, 11) is 0. The van der Waals surface area contributed by atoms with Crippen LogP contribution < -0.4 is 0 Å². The molecule has 0 spiro atoms. The Hall–Kier alpha value is -2.08. The van der Waals surface area contributed by atoms with Crippen molar-refractivity contribution in [3.8, 4) is 0 Å². The molecule has 0 saturated heterocycles. The maximum absolute atomic E-state index is 4.45. The Bertz CT molecular complexity index is 767. The summed E-state index contributed by atoms with van der Waals surface area (Å²) in [5.41, 5.74) is 10.8. The van der Waals surface area contributed by atoms with Crippen molar-refractivity contribution in [3.63, 3.8) is 0 Å². The molecule has 1 unspecified atom stereocenters. The van der Waals surface area contributed by atoms with Crippen molar-refractivity contribution in [1.82, 2.24) is 0 Å². The zero-order valence-electron chi connectivity index (χ0n) is 15.1. The van der Waals surface area contributed by atoms with E-state index in [1.165, 1.54) is 44.6 Å². The van der Waals surface area contributed by atoms with Crippen LogP contribution in [0, 0.1) is 5.92 Å². The third-order valence-corrected chi connectivity index (χ3v) is 5.36. The first kappa shape index (κ1) is 16.8. The molecule has 0 nitrogen and oxygen atoms in total. The van der Waals surface area contributed by atoms with Crippen molar-refractivity contribution in [2.24, 2.45) is 5.92 Å². The van der Waals surface area contributed by atoms with E-state index in [0.717, 1.165) is 32.1 Å². The van der Waals surface area contributed by atoms with E-state index in [4.69, 9.17) is 0 Å². The summed E-state index contributed by atoms with van der Waals surface area (Å²) in [5, 5.41) is 0. The van der Waals surface area contributed by atoms with Crippen molar-refractivity contribution in [2.75, 3.05) is 0 Å². The molecule has 124 valence electrons. The fraction of sp³-hybridized carbons (Fsp3) is 0.333. The molecule has 0 aliphatic heterocycles. The van der Waals surface area contributed by atoms with Crippen LogP contribution in [0.3, 0.4) is 0 Å². The van der Waals surface area contributed by atoms with Gasteiger partial charge in [0.05, 0.1) is 0 Å². The number of benzene rings is 1. The molecular formula is C24H28. The number of rotatable bonds is 4. The topological polar surface area (TPSA) is 0 Å². The second-order valence-electron chi connectivity index (χ2n) is 7.23. The lowest BCUT2D eigenvalue weighted by Gasteiger charge is -2.35. The lowest BCUT2D eigenvalue weighted by atomic mass is 9.70. The molecule has 0 aromatic heterocycles. The molecule has 0 saturated carbocycles. The van der Waals surface area contributed by atoms with Crippen LogP contribution in [0.15, 0.2) is 77.9 Å². The van der Waals surface area contributed by atoms with Crippen molar-refractivity contribution in [2.45, 2.75) is 46.0 Å². The van der Waals surface area contributed by atoms with Crippen molar-refractivity contribution in [3.05, 3.63) is 89.1 Å². The summed E-state index contributed by atoms with van der Waals surface area (Å²) in [6.07, 6.45) is 7.66. The molecular weight excluding hydrogens is 288 g/mol. The van der Waals surface area contributed by atoms with E-state index in [9.17, 15) is 0 Å². The molecule has 1 aromatic carbocycles. The van der Waals surface area contributed by atoms with Gasteiger partial charge in [0.25, 0.3) is 0 Å². The molecule has 0 radical (unpaired) electrons. The van der Waals surface area contributed by atoms with Crippen LogP contribution in [-0.4, -0.2) is 0 Å². The predicted octanol–water partition coefficient (Wildman–Crippen LogP) is 6.82. The van der Waals surface area contributed by atoms with Gasteiger partial charge in [0.1, 0.15) is 0 Å².